The molecule has 0 saturated heterocycles. The minimum Gasteiger partial charge on any atom is -0.462 e. The summed E-state index contributed by atoms with van der Waals surface area (Å²) in [5.74, 6) is -0.318. The molecule has 0 radical (unpaired) electrons. The number of esters is 1. The molecule has 0 spiro atoms. The molecule has 0 bridgehead atoms. The summed E-state index contributed by atoms with van der Waals surface area (Å²) in [6.07, 6.45) is 7.71. The zero-order chi connectivity index (χ0) is 17.6. The van der Waals surface area contributed by atoms with Gasteiger partial charge in [-0.05, 0) is 38.8 Å². The second kappa shape index (κ2) is 13.8. The summed E-state index contributed by atoms with van der Waals surface area (Å²) in [6.45, 7) is 13.7. The minimum absolute atomic E-state index is 0.318. The molecular weight excluding hydrogens is 308 g/mol. The van der Waals surface area contributed by atoms with Gasteiger partial charge in [0.1, 0.15) is 0 Å². The summed E-state index contributed by atoms with van der Waals surface area (Å²) in [4.78, 5) is 11.4. The van der Waals surface area contributed by atoms with Crippen LogP contribution >= 0.6 is 0 Å². The Morgan fingerprint density at radius 3 is 1.87 bits per heavy atom. The maximum absolute atomic E-state index is 11.4. The molecule has 0 aliphatic heterocycles. The van der Waals surface area contributed by atoms with Crippen LogP contribution in [-0.2, 0) is 18.4 Å². The first-order valence-corrected chi connectivity index (χ1v) is 11.6. The van der Waals surface area contributed by atoms with Gasteiger partial charge in [-0.3, -0.25) is 0 Å². The highest BCUT2D eigenvalue weighted by atomic mass is 28.4. The van der Waals surface area contributed by atoms with E-state index < -0.39 is 8.56 Å². The Hall–Kier alpha value is -0.653. The molecule has 0 saturated carbocycles. The molecule has 0 aliphatic rings. The molecule has 0 fully saturated rings. The van der Waals surface area contributed by atoms with Crippen molar-refractivity contribution in [1.29, 1.82) is 0 Å². The van der Waals surface area contributed by atoms with E-state index in [1.54, 1.807) is 6.92 Å². The fourth-order valence-electron chi connectivity index (χ4n) is 2.15. The van der Waals surface area contributed by atoms with Crippen LogP contribution in [0.4, 0.5) is 0 Å². The highest BCUT2D eigenvalue weighted by Crippen LogP contribution is 2.18. The largest absolute Gasteiger partial charge is 0.462 e. The van der Waals surface area contributed by atoms with Crippen molar-refractivity contribution in [3.63, 3.8) is 0 Å². The topological polar surface area (TPSA) is 44.8 Å². The third kappa shape index (κ3) is 12.4. The molecule has 4 nitrogen and oxygen atoms in total. The fraction of sp³-hybridized carbons (Fsp3) is 0.833. The molecule has 0 aromatic carbocycles. The summed E-state index contributed by atoms with van der Waals surface area (Å²) in [6, 6.07) is 0.856. The van der Waals surface area contributed by atoms with Gasteiger partial charge in [-0.2, -0.15) is 0 Å². The lowest BCUT2D eigenvalue weighted by molar-refractivity contribution is -0.138. The molecule has 0 atom stereocenters. The quantitative estimate of drug-likeness (QED) is 0.182. The zero-order valence-corrected chi connectivity index (χ0v) is 16.6. The van der Waals surface area contributed by atoms with E-state index in [9.17, 15) is 4.79 Å². The Bertz CT molecular complexity index is 319. The van der Waals surface area contributed by atoms with Crippen LogP contribution in [0.5, 0.6) is 0 Å². The first kappa shape index (κ1) is 22.3. The van der Waals surface area contributed by atoms with Gasteiger partial charge >= 0.3 is 14.5 Å². The lowest BCUT2D eigenvalue weighted by Gasteiger charge is -2.27. The van der Waals surface area contributed by atoms with Crippen molar-refractivity contribution in [3.05, 3.63) is 12.2 Å². The summed E-state index contributed by atoms with van der Waals surface area (Å²) in [7, 11) is -2.16. The first-order chi connectivity index (χ1) is 10.9. The van der Waals surface area contributed by atoms with Crippen LogP contribution in [0.15, 0.2) is 12.2 Å². The fourth-order valence-corrected chi connectivity index (χ4v) is 4.46. The van der Waals surface area contributed by atoms with E-state index in [4.69, 9.17) is 13.6 Å². The molecule has 23 heavy (non-hydrogen) atoms. The molecule has 0 heterocycles. The molecule has 0 rings (SSSR count). The summed E-state index contributed by atoms with van der Waals surface area (Å²) < 4.78 is 17.4. The van der Waals surface area contributed by atoms with Crippen molar-refractivity contribution in [1.82, 2.24) is 0 Å². The number of hydrogen-bond donors (Lipinski definition) is 0. The Labute approximate surface area is 143 Å². The van der Waals surface area contributed by atoms with Gasteiger partial charge in [0.2, 0.25) is 0 Å². The molecule has 0 aromatic heterocycles. The van der Waals surface area contributed by atoms with Crippen molar-refractivity contribution in [2.24, 2.45) is 0 Å². The maximum Gasteiger partial charge on any atom is 0.335 e. The van der Waals surface area contributed by atoms with Crippen LogP contribution < -0.4 is 0 Å². The number of rotatable bonds is 15. The third-order valence-electron chi connectivity index (χ3n) is 3.67. The van der Waals surface area contributed by atoms with Gasteiger partial charge in [-0.25, -0.2) is 4.79 Å². The predicted octanol–water partition coefficient (Wildman–Crippen LogP) is 4.98. The van der Waals surface area contributed by atoms with Crippen LogP contribution in [0.1, 0.15) is 65.7 Å². The lowest BCUT2D eigenvalue weighted by atomic mass is 10.3. The average molecular weight is 345 g/mol. The van der Waals surface area contributed by atoms with Gasteiger partial charge in [-0.15, -0.1) is 0 Å². The Balaban J connectivity index is 4.17. The average Bonchev–Trinajstić information content (AvgIpc) is 2.52. The summed E-state index contributed by atoms with van der Waals surface area (Å²) in [5.41, 5.74) is 0.441. The SMILES string of the molecule is C=C(C)C(=O)OCCC[Si](C)(OCCCCC)OCCCCC. The monoisotopic (exact) mass is 344 g/mol. The van der Waals surface area contributed by atoms with E-state index in [2.05, 4.69) is 27.0 Å². The van der Waals surface area contributed by atoms with Crippen LogP contribution in [-0.4, -0.2) is 34.4 Å². The molecular formula is C18H36O4Si. The molecule has 5 heteroatoms. The predicted molar refractivity (Wildman–Crippen MR) is 97.8 cm³/mol. The first-order valence-electron chi connectivity index (χ1n) is 9.05. The molecule has 0 aliphatic carbocycles. The van der Waals surface area contributed by atoms with Crippen molar-refractivity contribution >= 4 is 14.5 Å². The van der Waals surface area contributed by atoms with Gasteiger partial charge in [0.05, 0.1) is 6.61 Å². The second-order valence-corrected chi connectivity index (χ2v) is 9.61. The molecule has 0 N–H and O–H groups in total. The molecule has 136 valence electrons. The van der Waals surface area contributed by atoms with E-state index in [-0.39, 0.29) is 5.97 Å². The van der Waals surface area contributed by atoms with E-state index in [1.165, 1.54) is 25.7 Å². The van der Waals surface area contributed by atoms with Crippen LogP contribution in [0.25, 0.3) is 0 Å². The molecule has 0 unspecified atom stereocenters. The van der Waals surface area contributed by atoms with Crippen LogP contribution in [0, 0.1) is 0 Å². The van der Waals surface area contributed by atoms with Crippen molar-refractivity contribution in [2.45, 2.75) is 78.3 Å². The summed E-state index contributed by atoms with van der Waals surface area (Å²) >= 11 is 0. The number of ether oxygens (including phenoxy) is 1. The number of carbonyl (C=O) groups is 1. The Morgan fingerprint density at radius 1 is 0.913 bits per heavy atom. The summed E-state index contributed by atoms with van der Waals surface area (Å²) in [5, 5.41) is 0. The van der Waals surface area contributed by atoms with Gasteiger partial charge in [0.15, 0.2) is 0 Å². The maximum atomic E-state index is 11.4. The highest BCUT2D eigenvalue weighted by molar-refractivity contribution is 6.66. The van der Waals surface area contributed by atoms with Gasteiger partial charge in [-0.1, -0.05) is 46.1 Å². The van der Waals surface area contributed by atoms with Gasteiger partial charge in [0, 0.05) is 18.8 Å². The highest BCUT2D eigenvalue weighted by Gasteiger charge is 2.31. The Kier molecular flexibility index (Phi) is 13.4. The zero-order valence-electron chi connectivity index (χ0n) is 15.6. The van der Waals surface area contributed by atoms with Crippen molar-refractivity contribution in [2.75, 3.05) is 19.8 Å². The van der Waals surface area contributed by atoms with E-state index in [0.717, 1.165) is 38.5 Å². The lowest BCUT2D eigenvalue weighted by Crippen LogP contribution is -2.39. The Morgan fingerprint density at radius 2 is 1.43 bits per heavy atom. The number of unbranched alkanes of at least 4 members (excludes halogenated alkanes) is 4. The molecule has 0 amide bonds. The number of carbonyl (C=O) groups excluding carboxylic acids is 1. The normalized spacial score (nSPS) is 11.5. The van der Waals surface area contributed by atoms with E-state index >= 15 is 0 Å². The minimum atomic E-state index is -2.16. The second-order valence-electron chi connectivity index (χ2n) is 6.26. The van der Waals surface area contributed by atoms with E-state index in [1.807, 2.05) is 0 Å². The number of hydrogen-bond acceptors (Lipinski definition) is 4. The van der Waals surface area contributed by atoms with Crippen LogP contribution in [0.2, 0.25) is 12.6 Å². The van der Waals surface area contributed by atoms with Crippen LogP contribution in [0.3, 0.4) is 0 Å². The van der Waals surface area contributed by atoms with Gasteiger partial charge in [0.25, 0.3) is 0 Å². The van der Waals surface area contributed by atoms with Gasteiger partial charge < -0.3 is 13.6 Å². The smallest absolute Gasteiger partial charge is 0.335 e. The molecule has 0 aromatic rings. The van der Waals surface area contributed by atoms with E-state index in [0.29, 0.717) is 12.2 Å². The third-order valence-corrected chi connectivity index (χ3v) is 6.56. The van der Waals surface area contributed by atoms with Crippen molar-refractivity contribution < 1.29 is 18.4 Å². The van der Waals surface area contributed by atoms with Crippen molar-refractivity contribution in [3.8, 4) is 0 Å². The standard InChI is InChI=1S/C18H36O4Si/c1-6-8-10-14-21-23(5,22-15-11-9-7-2)16-12-13-20-18(19)17(3)4/h3,6-16H2,1-2,4-5H3.